The molecule has 2 aliphatic rings. The molecule has 110 valence electrons. The fourth-order valence-electron chi connectivity index (χ4n) is 3.53. The summed E-state index contributed by atoms with van der Waals surface area (Å²) in [5.41, 5.74) is 0. The summed E-state index contributed by atoms with van der Waals surface area (Å²) >= 11 is 1.26. The predicted octanol–water partition coefficient (Wildman–Crippen LogP) is 1.64. The van der Waals surface area contributed by atoms with Gasteiger partial charge in [0.25, 0.3) is 0 Å². The highest BCUT2D eigenvalue weighted by Gasteiger charge is 2.37. The van der Waals surface area contributed by atoms with E-state index in [-0.39, 0.29) is 5.75 Å². The van der Waals surface area contributed by atoms with Gasteiger partial charge in [0.2, 0.25) is 0 Å². The number of carboxylic acid groups (broad SMARTS) is 1. The first-order valence-corrected chi connectivity index (χ1v) is 8.09. The van der Waals surface area contributed by atoms with Crippen molar-refractivity contribution in [3.63, 3.8) is 0 Å². The number of aromatic nitrogens is 3. The third-order valence-corrected chi connectivity index (χ3v) is 5.52. The van der Waals surface area contributed by atoms with Crippen molar-refractivity contribution in [1.29, 1.82) is 0 Å². The Kier molecular flexibility index (Phi) is 3.98. The molecule has 2 bridgehead atoms. The number of hydrogen-bond acceptors (Lipinski definition) is 5. The second-order valence-electron chi connectivity index (χ2n) is 5.73. The molecule has 0 saturated carbocycles. The van der Waals surface area contributed by atoms with E-state index in [1.165, 1.54) is 31.0 Å². The smallest absolute Gasteiger partial charge is 0.313 e. The second kappa shape index (κ2) is 5.73. The Balaban J connectivity index is 1.73. The first-order chi connectivity index (χ1) is 9.65. The third kappa shape index (κ3) is 2.69. The number of piperidine rings is 2. The molecule has 0 aromatic carbocycles. The van der Waals surface area contributed by atoms with Gasteiger partial charge in [0, 0.05) is 18.1 Å². The van der Waals surface area contributed by atoms with Gasteiger partial charge in [-0.2, -0.15) is 0 Å². The summed E-state index contributed by atoms with van der Waals surface area (Å²) in [6.45, 7) is 0. The number of carbonyl (C=O) groups is 1. The monoisotopic (exact) mass is 296 g/mol. The molecule has 1 N–H and O–H groups in total. The highest BCUT2D eigenvalue weighted by Crippen LogP contribution is 2.39. The van der Waals surface area contributed by atoms with Crippen LogP contribution in [0.2, 0.25) is 0 Å². The largest absolute Gasteiger partial charge is 0.481 e. The van der Waals surface area contributed by atoms with E-state index in [0.717, 1.165) is 18.0 Å². The van der Waals surface area contributed by atoms with E-state index >= 15 is 0 Å². The molecule has 2 atom stereocenters. The van der Waals surface area contributed by atoms with Crippen molar-refractivity contribution in [3.8, 4) is 0 Å². The lowest BCUT2D eigenvalue weighted by Gasteiger charge is -2.47. The topological polar surface area (TPSA) is 71.2 Å². The summed E-state index contributed by atoms with van der Waals surface area (Å²) in [5.74, 6) is -0.775. The molecule has 2 fully saturated rings. The van der Waals surface area contributed by atoms with Crippen LogP contribution in [0.25, 0.3) is 0 Å². The molecule has 1 aromatic heterocycles. The van der Waals surface area contributed by atoms with Gasteiger partial charge in [0.1, 0.15) is 6.33 Å². The van der Waals surface area contributed by atoms with Crippen LogP contribution in [0, 0.1) is 0 Å². The quantitative estimate of drug-likeness (QED) is 0.852. The van der Waals surface area contributed by atoms with Gasteiger partial charge in [0.15, 0.2) is 5.16 Å². The first kappa shape index (κ1) is 13.9. The summed E-state index contributed by atoms with van der Waals surface area (Å²) in [6, 6.07) is 1.70. The van der Waals surface area contributed by atoms with Crippen LogP contribution in [0.1, 0.15) is 38.1 Å². The molecular formula is C13H20N4O2S. The predicted molar refractivity (Wildman–Crippen MR) is 75.8 cm³/mol. The van der Waals surface area contributed by atoms with E-state index in [1.807, 2.05) is 0 Å². The maximum atomic E-state index is 10.7. The highest BCUT2D eigenvalue weighted by molar-refractivity contribution is 7.99. The number of fused-ring (bicyclic) bond motifs is 2. The van der Waals surface area contributed by atoms with Gasteiger partial charge in [-0.1, -0.05) is 18.2 Å². The van der Waals surface area contributed by atoms with Crippen molar-refractivity contribution >= 4 is 17.7 Å². The first-order valence-electron chi connectivity index (χ1n) is 7.11. The second-order valence-corrected chi connectivity index (χ2v) is 6.67. The Morgan fingerprint density at radius 1 is 1.40 bits per heavy atom. The molecular weight excluding hydrogens is 276 g/mol. The van der Waals surface area contributed by atoms with Crippen LogP contribution in [0.4, 0.5) is 0 Å². The van der Waals surface area contributed by atoms with Crippen LogP contribution in [-0.2, 0) is 4.79 Å². The number of thioether (sulfide) groups is 1. The lowest BCUT2D eigenvalue weighted by atomic mass is 9.82. The summed E-state index contributed by atoms with van der Waals surface area (Å²) in [6.07, 6.45) is 7.86. The molecule has 3 heterocycles. The molecule has 0 amide bonds. The maximum Gasteiger partial charge on any atom is 0.313 e. The molecule has 6 nitrogen and oxygen atoms in total. The van der Waals surface area contributed by atoms with Crippen LogP contribution in [-0.4, -0.2) is 55.6 Å². The van der Waals surface area contributed by atoms with Gasteiger partial charge in [-0.25, -0.2) is 0 Å². The summed E-state index contributed by atoms with van der Waals surface area (Å²) in [7, 11) is 2.23. The SMILES string of the molecule is CN1C2CCCC1CC(n1cnnc1SCC(=O)O)C2. The van der Waals surface area contributed by atoms with Crippen LogP contribution in [0.5, 0.6) is 0 Å². The summed E-state index contributed by atoms with van der Waals surface area (Å²) in [4.78, 5) is 13.2. The minimum absolute atomic E-state index is 0.0399. The highest BCUT2D eigenvalue weighted by atomic mass is 32.2. The van der Waals surface area contributed by atoms with Gasteiger partial charge >= 0.3 is 5.97 Å². The Hall–Kier alpha value is -1.08. The van der Waals surface area contributed by atoms with E-state index in [0.29, 0.717) is 18.1 Å². The van der Waals surface area contributed by atoms with Gasteiger partial charge in [0.05, 0.1) is 5.75 Å². The number of rotatable bonds is 4. The zero-order chi connectivity index (χ0) is 14.1. The third-order valence-electron chi connectivity index (χ3n) is 4.57. The van der Waals surface area contributed by atoms with E-state index < -0.39 is 5.97 Å². The number of nitrogens with zero attached hydrogens (tertiary/aromatic N) is 4. The van der Waals surface area contributed by atoms with E-state index in [9.17, 15) is 4.79 Å². The molecule has 2 unspecified atom stereocenters. The molecule has 2 aliphatic heterocycles. The van der Waals surface area contributed by atoms with Gasteiger partial charge in [-0.05, 0) is 32.7 Å². The zero-order valence-electron chi connectivity index (χ0n) is 11.6. The average Bonchev–Trinajstić information content (AvgIpc) is 2.84. The van der Waals surface area contributed by atoms with E-state index in [1.54, 1.807) is 6.33 Å². The zero-order valence-corrected chi connectivity index (χ0v) is 12.4. The Labute approximate surface area is 122 Å². The molecule has 1 aromatic rings. The average molecular weight is 296 g/mol. The molecule has 2 saturated heterocycles. The number of aliphatic carboxylic acids is 1. The Bertz CT molecular complexity index is 478. The van der Waals surface area contributed by atoms with Crippen LogP contribution >= 0.6 is 11.8 Å². The number of hydrogen-bond donors (Lipinski definition) is 1. The summed E-state index contributed by atoms with van der Waals surface area (Å²) < 4.78 is 2.09. The van der Waals surface area contributed by atoms with Gasteiger partial charge in [-0.15, -0.1) is 10.2 Å². The number of carboxylic acids is 1. The fraction of sp³-hybridized carbons (Fsp3) is 0.769. The normalized spacial score (nSPS) is 30.4. The standard InChI is InChI=1S/C13H20N4O2S/c1-16-9-3-2-4-10(16)6-11(5-9)17-8-14-15-13(17)20-7-12(18)19/h8-11H,2-7H2,1H3,(H,18,19). The lowest BCUT2D eigenvalue weighted by Crippen LogP contribution is -2.50. The van der Waals surface area contributed by atoms with Crippen molar-refractivity contribution in [2.75, 3.05) is 12.8 Å². The van der Waals surface area contributed by atoms with Crippen molar-refractivity contribution in [2.45, 2.75) is 55.4 Å². The molecule has 3 rings (SSSR count). The van der Waals surface area contributed by atoms with E-state index in [2.05, 4.69) is 26.7 Å². The van der Waals surface area contributed by atoms with E-state index in [4.69, 9.17) is 5.11 Å². The fourth-order valence-corrected chi connectivity index (χ4v) is 4.23. The van der Waals surface area contributed by atoms with Crippen molar-refractivity contribution < 1.29 is 9.90 Å². The Morgan fingerprint density at radius 3 is 2.75 bits per heavy atom. The van der Waals surface area contributed by atoms with Crippen molar-refractivity contribution in [2.24, 2.45) is 0 Å². The molecule has 0 aliphatic carbocycles. The van der Waals surface area contributed by atoms with Crippen LogP contribution < -0.4 is 0 Å². The minimum atomic E-state index is -0.815. The molecule has 0 spiro atoms. The maximum absolute atomic E-state index is 10.7. The molecule has 7 heteroatoms. The summed E-state index contributed by atoms with van der Waals surface area (Å²) in [5, 5.41) is 17.6. The molecule has 0 radical (unpaired) electrons. The Morgan fingerprint density at radius 2 is 2.10 bits per heavy atom. The van der Waals surface area contributed by atoms with Crippen LogP contribution in [0.15, 0.2) is 11.5 Å². The van der Waals surface area contributed by atoms with Gasteiger partial charge < -0.3 is 14.6 Å². The van der Waals surface area contributed by atoms with Gasteiger partial charge in [-0.3, -0.25) is 4.79 Å². The van der Waals surface area contributed by atoms with Crippen LogP contribution in [0.3, 0.4) is 0 Å². The molecule has 20 heavy (non-hydrogen) atoms. The minimum Gasteiger partial charge on any atom is -0.481 e. The van der Waals surface area contributed by atoms with Crippen molar-refractivity contribution in [3.05, 3.63) is 6.33 Å². The lowest BCUT2D eigenvalue weighted by molar-refractivity contribution is -0.133. The van der Waals surface area contributed by atoms with Crippen molar-refractivity contribution in [1.82, 2.24) is 19.7 Å².